The second kappa shape index (κ2) is 5.20. The van der Waals surface area contributed by atoms with Gasteiger partial charge in [0.15, 0.2) is 0 Å². The number of rotatable bonds is 1. The molecule has 116 valence electrons. The standard InChI is InChI=1S/C18H23N3O/c1-13-4-3-5-15-16(13)17(20-12-19-15)21-9-6-18(14(21)2)7-10-22-11-8-18/h3-5,12,14H,6-11H2,1-2H3. The first-order chi connectivity index (χ1) is 10.7. The van der Waals surface area contributed by atoms with Crippen molar-refractivity contribution in [2.45, 2.75) is 39.2 Å². The Morgan fingerprint density at radius 1 is 1.18 bits per heavy atom. The normalized spacial score (nSPS) is 24.3. The van der Waals surface area contributed by atoms with E-state index in [4.69, 9.17) is 4.74 Å². The van der Waals surface area contributed by atoms with E-state index in [9.17, 15) is 0 Å². The summed E-state index contributed by atoms with van der Waals surface area (Å²) in [6, 6.07) is 6.81. The lowest BCUT2D eigenvalue weighted by molar-refractivity contribution is 0.0128. The smallest absolute Gasteiger partial charge is 0.140 e. The summed E-state index contributed by atoms with van der Waals surface area (Å²) < 4.78 is 5.59. The summed E-state index contributed by atoms with van der Waals surface area (Å²) >= 11 is 0. The maximum atomic E-state index is 5.59. The molecule has 4 nitrogen and oxygen atoms in total. The summed E-state index contributed by atoms with van der Waals surface area (Å²) in [5, 5.41) is 1.21. The first-order valence-corrected chi connectivity index (χ1v) is 8.26. The molecule has 2 aromatic rings. The van der Waals surface area contributed by atoms with Crippen molar-refractivity contribution in [1.29, 1.82) is 0 Å². The third kappa shape index (κ3) is 2.01. The molecule has 1 atom stereocenters. The Morgan fingerprint density at radius 3 is 2.82 bits per heavy atom. The van der Waals surface area contributed by atoms with Crippen molar-refractivity contribution in [3.05, 3.63) is 30.1 Å². The number of ether oxygens (including phenoxy) is 1. The minimum atomic E-state index is 0.401. The molecule has 22 heavy (non-hydrogen) atoms. The minimum absolute atomic E-state index is 0.401. The van der Waals surface area contributed by atoms with Crippen LogP contribution in [0.5, 0.6) is 0 Å². The molecule has 1 aromatic carbocycles. The second-order valence-electron chi connectivity index (χ2n) is 6.76. The number of nitrogens with zero attached hydrogens (tertiary/aromatic N) is 3. The molecule has 2 aliphatic heterocycles. The van der Waals surface area contributed by atoms with Crippen molar-refractivity contribution < 1.29 is 4.74 Å². The van der Waals surface area contributed by atoms with Crippen molar-refractivity contribution in [2.24, 2.45) is 5.41 Å². The average molecular weight is 297 g/mol. The Kier molecular flexibility index (Phi) is 3.30. The average Bonchev–Trinajstić information content (AvgIpc) is 2.85. The van der Waals surface area contributed by atoms with Crippen LogP contribution in [0.3, 0.4) is 0 Å². The fourth-order valence-corrected chi connectivity index (χ4v) is 4.29. The van der Waals surface area contributed by atoms with Crippen molar-refractivity contribution in [3.63, 3.8) is 0 Å². The first-order valence-electron chi connectivity index (χ1n) is 8.26. The van der Waals surface area contributed by atoms with Crippen LogP contribution in [-0.2, 0) is 4.74 Å². The van der Waals surface area contributed by atoms with Gasteiger partial charge in [-0.1, -0.05) is 12.1 Å². The van der Waals surface area contributed by atoms with Gasteiger partial charge >= 0.3 is 0 Å². The van der Waals surface area contributed by atoms with Crippen LogP contribution in [0, 0.1) is 12.3 Å². The summed E-state index contributed by atoms with van der Waals surface area (Å²) in [4.78, 5) is 11.6. The molecular formula is C18H23N3O. The van der Waals surface area contributed by atoms with E-state index in [0.29, 0.717) is 11.5 Å². The predicted octanol–water partition coefficient (Wildman–Crippen LogP) is 3.33. The Morgan fingerprint density at radius 2 is 2.00 bits per heavy atom. The fourth-order valence-electron chi connectivity index (χ4n) is 4.29. The van der Waals surface area contributed by atoms with Crippen LogP contribution in [0.1, 0.15) is 31.7 Å². The van der Waals surface area contributed by atoms with Crippen molar-refractivity contribution in [3.8, 4) is 0 Å². The molecule has 0 saturated carbocycles. The minimum Gasteiger partial charge on any atom is -0.381 e. The van der Waals surface area contributed by atoms with Crippen LogP contribution in [0.4, 0.5) is 5.82 Å². The molecule has 1 unspecified atom stereocenters. The molecular weight excluding hydrogens is 274 g/mol. The first kappa shape index (κ1) is 13.9. The lowest BCUT2D eigenvalue weighted by atomic mass is 9.74. The van der Waals surface area contributed by atoms with E-state index in [1.165, 1.54) is 30.2 Å². The zero-order chi connectivity index (χ0) is 15.2. The van der Waals surface area contributed by atoms with Gasteiger partial charge in [0.25, 0.3) is 0 Å². The number of fused-ring (bicyclic) bond motifs is 1. The van der Waals surface area contributed by atoms with Crippen LogP contribution >= 0.6 is 0 Å². The molecule has 2 fully saturated rings. The number of benzene rings is 1. The molecule has 2 aliphatic rings. The van der Waals surface area contributed by atoms with E-state index in [0.717, 1.165) is 31.1 Å². The maximum Gasteiger partial charge on any atom is 0.140 e. The summed E-state index contributed by atoms with van der Waals surface area (Å²) in [6.45, 7) is 7.41. The highest BCUT2D eigenvalue weighted by atomic mass is 16.5. The topological polar surface area (TPSA) is 38.2 Å². The van der Waals surface area contributed by atoms with Gasteiger partial charge in [0, 0.05) is 31.2 Å². The zero-order valence-electron chi connectivity index (χ0n) is 13.4. The summed E-state index contributed by atoms with van der Waals surface area (Å²) in [6.07, 6.45) is 5.30. The van der Waals surface area contributed by atoms with E-state index in [1.807, 2.05) is 0 Å². The fraction of sp³-hybridized carbons (Fsp3) is 0.556. The molecule has 2 saturated heterocycles. The number of hydrogen-bond donors (Lipinski definition) is 0. The lowest BCUT2D eigenvalue weighted by Crippen LogP contribution is -2.41. The molecule has 0 N–H and O–H groups in total. The van der Waals surface area contributed by atoms with Crippen LogP contribution in [0.2, 0.25) is 0 Å². The molecule has 4 heteroatoms. The van der Waals surface area contributed by atoms with Crippen molar-refractivity contribution >= 4 is 16.7 Å². The molecule has 3 heterocycles. The van der Waals surface area contributed by atoms with Crippen molar-refractivity contribution in [1.82, 2.24) is 9.97 Å². The molecule has 4 rings (SSSR count). The van der Waals surface area contributed by atoms with E-state index in [1.54, 1.807) is 6.33 Å². The highest BCUT2D eigenvalue weighted by Crippen LogP contribution is 2.47. The molecule has 0 bridgehead atoms. The monoisotopic (exact) mass is 297 g/mol. The van der Waals surface area contributed by atoms with E-state index >= 15 is 0 Å². The predicted molar refractivity (Wildman–Crippen MR) is 88.2 cm³/mol. The molecule has 1 aromatic heterocycles. The summed E-state index contributed by atoms with van der Waals surface area (Å²) in [7, 11) is 0. The second-order valence-corrected chi connectivity index (χ2v) is 6.76. The zero-order valence-corrected chi connectivity index (χ0v) is 13.4. The van der Waals surface area contributed by atoms with Gasteiger partial charge in [-0.2, -0.15) is 0 Å². The number of aromatic nitrogens is 2. The van der Waals surface area contributed by atoms with E-state index < -0.39 is 0 Å². The van der Waals surface area contributed by atoms with Gasteiger partial charge in [-0.05, 0) is 50.2 Å². The maximum absolute atomic E-state index is 5.59. The highest BCUT2D eigenvalue weighted by Gasteiger charge is 2.46. The van der Waals surface area contributed by atoms with Crippen LogP contribution in [0.25, 0.3) is 10.9 Å². The van der Waals surface area contributed by atoms with Gasteiger partial charge in [-0.15, -0.1) is 0 Å². The van der Waals surface area contributed by atoms with Crippen LogP contribution in [-0.4, -0.2) is 35.8 Å². The lowest BCUT2D eigenvalue weighted by Gasteiger charge is -2.39. The van der Waals surface area contributed by atoms with Crippen LogP contribution < -0.4 is 4.90 Å². The molecule has 0 radical (unpaired) electrons. The molecule has 0 amide bonds. The Bertz CT molecular complexity index is 689. The summed E-state index contributed by atoms with van der Waals surface area (Å²) in [5.41, 5.74) is 2.71. The molecule has 1 spiro atoms. The van der Waals surface area contributed by atoms with E-state index in [2.05, 4.69) is 46.9 Å². The highest BCUT2D eigenvalue weighted by molar-refractivity contribution is 5.92. The van der Waals surface area contributed by atoms with Gasteiger partial charge in [0.05, 0.1) is 5.52 Å². The van der Waals surface area contributed by atoms with Crippen molar-refractivity contribution in [2.75, 3.05) is 24.7 Å². The van der Waals surface area contributed by atoms with Crippen LogP contribution in [0.15, 0.2) is 24.5 Å². The Labute approximate surface area is 131 Å². The van der Waals surface area contributed by atoms with E-state index in [-0.39, 0.29) is 0 Å². The number of aryl methyl sites for hydroxylation is 1. The summed E-state index contributed by atoms with van der Waals surface area (Å²) in [5.74, 6) is 1.11. The Balaban J connectivity index is 1.77. The van der Waals surface area contributed by atoms with Gasteiger partial charge in [-0.3, -0.25) is 0 Å². The van der Waals surface area contributed by atoms with Gasteiger partial charge < -0.3 is 9.64 Å². The van der Waals surface area contributed by atoms with Gasteiger partial charge in [0.2, 0.25) is 0 Å². The number of anilines is 1. The van der Waals surface area contributed by atoms with Gasteiger partial charge in [-0.25, -0.2) is 9.97 Å². The third-order valence-electron chi connectivity index (χ3n) is 5.82. The van der Waals surface area contributed by atoms with Gasteiger partial charge in [0.1, 0.15) is 12.1 Å². The third-order valence-corrected chi connectivity index (χ3v) is 5.82. The Hall–Kier alpha value is -1.68. The largest absolute Gasteiger partial charge is 0.381 e. The SMILES string of the molecule is Cc1cccc2ncnc(N3CCC4(CCOCC4)C3C)c12. The molecule has 0 aliphatic carbocycles. The quantitative estimate of drug-likeness (QED) is 0.809. The number of hydrogen-bond acceptors (Lipinski definition) is 4.